The Morgan fingerprint density at radius 2 is 1.72 bits per heavy atom. The van der Waals surface area contributed by atoms with Gasteiger partial charge in [0.05, 0.1) is 17.8 Å². The van der Waals surface area contributed by atoms with E-state index < -0.39 is 11.9 Å². The highest BCUT2D eigenvalue weighted by Gasteiger charge is 2.17. The van der Waals surface area contributed by atoms with Gasteiger partial charge < -0.3 is 0 Å². The normalized spacial score (nSPS) is 10.9. The van der Waals surface area contributed by atoms with E-state index in [-0.39, 0.29) is 23.4 Å². The van der Waals surface area contributed by atoms with Gasteiger partial charge in [-0.25, -0.2) is 4.68 Å². The highest BCUT2D eigenvalue weighted by molar-refractivity contribution is 6.30. The quantitative estimate of drug-likeness (QED) is 0.665. The van der Waals surface area contributed by atoms with E-state index >= 15 is 0 Å². The van der Waals surface area contributed by atoms with Crippen LogP contribution < -0.4 is 5.56 Å². The predicted octanol–water partition coefficient (Wildman–Crippen LogP) is 3.90. The Labute approximate surface area is 147 Å². The van der Waals surface area contributed by atoms with E-state index in [1.165, 1.54) is 10.7 Å². The van der Waals surface area contributed by atoms with Gasteiger partial charge in [-0.15, -0.1) is 0 Å². The van der Waals surface area contributed by atoms with Crippen molar-refractivity contribution in [3.63, 3.8) is 0 Å². The molecule has 2 aromatic heterocycles. The lowest BCUT2D eigenvalue weighted by molar-refractivity contribution is 0.514. The summed E-state index contributed by atoms with van der Waals surface area (Å²) in [7, 11) is 0. The molecule has 128 valence electrons. The van der Waals surface area contributed by atoms with Crippen LogP contribution in [0, 0.1) is 25.7 Å². The second-order valence-corrected chi connectivity index (χ2v) is 6.10. The summed E-state index contributed by atoms with van der Waals surface area (Å²) in [6.45, 7) is 3.53. The first-order valence-electron chi connectivity index (χ1n) is 7.52. The van der Waals surface area contributed by atoms with Gasteiger partial charge in [-0.2, -0.15) is 18.9 Å². The molecule has 0 unspecified atom stereocenters. The third kappa shape index (κ3) is 3.44. The first kappa shape index (κ1) is 17.2. The molecular weight excluding hydrogens is 348 g/mol. The molecule has 0 bridgehead atoms. The van der Waals surface area contributed by atoms with Crippen molar-refractivity contribution in [1.29, 1.82) is 0 Å². The fourth-order valence-corrected chi connectivity index (χ4v) is 2.61. The molecule has 1 aromatic carbocycles. The summed E-state index contributed by atoms with van der Waals surface area (Å²) in [6, 6.07) is 9.32. The van der Waals surface area contributed by atoms with Gasteiger partial charge >= 0.3 is 0 Å². The third-order valence-corrected chi connectivity index (χ3v) is 4.26. The van der Waals surface area contributed by atoms with Gasteiger partial charge in [0.15, 0.2) is 0 Å². The van der Waals surface area contributed by atoms with Crippen molar-refractivity contribution >= 4 is 11.6 Å². The standard InChI is InChI=1S/C18H14ClF2N3O/c1-10-11(2)18(25)24(9-12-3-5-13(19)6-4-12)23-16(10)14-7-8-15(20)22-17(14)21/h3-8H,9H2,1-2H3. The molecule has 0 spiro atoms. The van der Waals surface area contributed by atoms with E-state index in [1.54, 1.807) is 38.1 Å². The third-order valence-electron chi connectivity index (χ3n) is 4.01. The zero-order valence-corrected chi connectivity index (χ0v) is 14.3. The van der Waals surface area contributed by atoms with E-state index in [1.807, 2.05) is 0 Å². The average Bonchev–Trinajstić information content (AvgIpc) is 2.58. The molecule has 0 aliphatic rings. The van der Waals surface area contributed by atoms with Crippen LogP contribution in [0.4, 0.5) is 8.78 Å². The number of benzene rings is 1. The Balaban J connectivity index is 2.13. The molecule has 0 aliphatic carbocycles. The van der Waals surface area contributed by atoms with Crippen LogP contribution in [-0.2, 0) is 6.54 Å². The molecule has 25 heavy (non-hydrogen) atoms. The average molecular weight is 362 g/mol. The summed E-state index contributed by atoms with van der Waals surface area (Å²) < 4.78 is 28.4. The minimum Gasteiger partial charge on any atom is -0.267 e. The van der Waals surface area contributed by atoms with Crippen LogP contribution >= 0.6 is 11.6 Å². The molecule has 0 saturated heterocycles. The number of hydrogen-bond acceptors (Lipinski definition) is 3. The minimum atomic E-state index is -0.966. The summed E-state index contributed by atoms with van der Waals surface area (Å²) in [5, 5.41) is 4.87. The highest BCUT2D eigenvalue weighted by atomic mass is 35.5. The maximum absolute atomic E-state index is 14.1. The molecule has 4 nitrogen and oxygen atoms in total. The van der Waals surface area contributed by atoms with E-state index in [9.17, 15) is 13.6 Å². The Morgan fingerprint density at radius 3 is 2.36 bits per heavy atom. The molecule has 0 fully saturated rings. The van der Waals surface area contributed by atoms with Crippen LogP contribution in [0.5, 0.6) is 0 Å². The van der Waals surface area contributed by atoms with Crippen molar-refractivity contribution in [3.8, 4) is 11.3 Å². The van der Waals surface area contributed by atoms with Gasteiger partial charge in [0.2, 0.25) is 11.9 Å². The SMILES string of the molecule is Cc1c(-c2ccc(F)nc2F)nn(Cc2ccc(Cl)cc2)c(=O)c1C. The second kappa shape index (κ2) is 6.72. The van der Waals surface area contributed by atoms with Crippen LogP contribution in [0.1, 0.15) is 16.7 Å². The summed E-state index contributed by atoms with van der Waals surface area (Å²) in [5.41, 5.74) is 1.84. The van der Waals surface area contributed by atoms with Crippen LogP contribution in [0.25, 0.3) is 11.3 Å². The lowest BCUT2D eigenvalue weighted by atomic mass is 10.1. The predicted molar refractivity (Wildman–Crippen MR) is 91.7 cm³/mol. The molecule has 3 aromatic rings. The van der Waals surface area contributed by atoms with Crippen LogP contribution in [0.3, 0.4) is 0 Å². The fraction of sp³-hybridized carbons (Fsp3) is 0.167. The lowest BCUT2D eigenvalue weighted by Crippen LogP contribution is -2.27. The summed E-state index contributed by atoms with van der Waals surface area (Å²) >= 11 is 5.86. The van der Waals surface area contributed by atoms with Crippen molar-refractivity contribution in [2.24, 2.45) is 0 Å². The zero-order valence-electron chi connectivity index (χ0n) is 13.6. The monoisotopic (exact) mass is 361 g/mol. The summed E-state index contributed by atoms with van der Waals surface area (Å²) in [4.78, 5) is 15.7. The van der Waals surface area contributed by atoms with E-state index in [2.05, 4.69) is 10.1 Å². The second-order valence-electron chi connectivity index (χ2n) is 5.66. The van der Waals surface area contributed by atoms with Gasteiger partial charge in [0.1, 0.15) is 0 Å². The van der Waals surface area contributed by atoms with Gasteiger partial charge in [-0.05, 0) is 49.2 Å². The molecule has 0 aliphatic heterocycles. The van der Waals surface area contributed by atoms with Crippen LogP contribution in [0.2, 0.25) is 5.02 Å². The number of nitrogens with zero attached hydrogens (tertiary/aromatic N) is 3. The number of aromatic nitrogens is 3. The Bertz CT molecular complexity index is 1000. The first-order chi connectivity index (χ1) is 11.9. The van der Waals surface area contributed by atoms with E-state index in [0.717, 1.165) is 11.6 Å². The largest absolute Gasteiger partial charge is 0.270 e. The van der Waals surface area contributed by atoms with Crippen molar-refractivity contribution < 1.29 is 8.78 Å². The van der Waals surface area contributed by atoms with E-state index in [4.69, 9.17) is 11.6 Å². The molecule has 7 heteroatoms. The van der Waals surface area contributed by atoms with Gasteiger partial charge in [-0.1, -0.05) is 23.7 Å². The molecule has 0 radical (unpaired) electrons. The van der Waals surface area contributed by atoms with Gasteiger partial charge in [0.25, 0.3) is 5.56 Å². The van der Waals surface area contributed by atoms with Crippen molar-refractivity contribution in [2.45, 2.75) is 20.4 Å². The van der Waals surface area contributed by atoms with Crippen molar-refractivity contribution in [3.05, 3.63) is 80.4 Å². The zero-order chi connectivity index (χ0) is 18.1. The van der Waals surface area contributed by atoms with Gasteiger partial charge in [-0.3, -0.25) is 4.79 Å². The Kier molecular flexibility index (Phi) is 4.63. The molecular formula is C18H14ClF2N3O. The van der Waals surface area contributed by atoms with Crippen LogP contribution in [-0.4, -0.2) is 14.8 Å². The van der Waals surface area contributed by atoms with Gasteiger partial charge in [0, 0.05) is 10.6 Å². The number of rotatable bonds is 3. The molecule has 0 N–H and O–H groups in total. The Hall–Kier alpha value is -2.60. The highest BCUT2D eigenvalue weighted by Crippen LogP contribution is 2.24. The van der Waals surface area contributed by atoms with Crippen molar-refractivity contribution in [1.82, 2.24) is 14.8 Å². The summed E-state index contributed by atoms with van der Waals surface area (Å²) in [6.07, 6.45) is 0. The molecule has 0 amide bonds. The number of pyridine rings is 1. The molecule has 0 saturated carbocycles. The lowest BCUT2D eigenvalue weighted by Gasteiger charge is -2.13. The number of hydrogen-bond donors (Lipinski definition) is 0. The fourth-order valence-electron chi connectivity index (χ4n) is 2.49. The molecule has 3 rings (SSSR count). The summed E-state index contributed by atoms with van der Waals surface area (Å²) in [5.74, 6) is -1.88. The van der Waals surface area contributed by atoms with Crippen molar-refractivity contribution in [2.75, 3.05) is 0 Å². The number of halogens is 3. The maximum atomic E-state index is 14.1. The van der Waals surface area contributed by atoms with E-state index in [0.29, 0.717) is 16.1 Å². The molecule has 0 atom stereocenters. The minimum absolute atomic E-state index is 0.0480. The molecule has 2 heterocycles. The smallest absolute Gasteiger partial charge is 0.267 e. The Morgan fingerprint density at radius 1 is 1.04 bits per heavy atom. The van der Waals surface area contributed by atoms with Crippen LogP contribution in [0.15, 0.2) is 41.2 Å². The topological polar surface area (TPSA) is 47.8 Å². The maximum Gasteiger partial charge on any atom is 0.270 e. The first-order valence-corrected chi connectivity index (χ1v) is 7.90.